The van der Waals surface area contributed by atoms with Crippen molar-refractivity contribution in [3.05, 3.63) is 70.5 Å². The zero-order chi connectivity index (χ0) is 36.1. The van der Waals surface area contributed by atoms with E-state index in [4.69, 9.17) is 21.5 Å². The summed E-state index contributed by atoms with van der Waals surface area (Å²) in [5.74, 6) is -3.46. The molecule has 0 spiro atoms. The van der Waals surface area contributed by atoms with Crippen LogP contribution in [-0.4, -0.2) is 102 Å². The number of hydrogen-bond acceptors (Lipinski definition) is 6. The van der Waals surface area contributed by atoms with Gasteiger partial charge in [0.05, 0.1) is 12.1 Å². The quantitative estimate of drug-likeness (QED) is 0.245. The zero-order valence-electron chi connectivity index (χ0n) is 27.6. The van der Waals surface area contributed by atoms with Gasteiger partial charge in [0.15, 0.2) is 0 Å². The summed E-state index contributed by atoms with van der Waals surface area (Å²) in [6.07, 6.45) is -0.130. The Morgan fingerprint density at radius 2 is 1.67 bits per heavy atom. The van der Waals surface area contributed by atoms with E-state index in [1.807, 2.05) is 29.2 Å². The lowest BCUT2D eigenvalue weighted by Crippen LogP contribution is -2.63. The monoisotopic (exact) mass is 713 g/mol. The van der Waals surface area contributed by atoms with Gasteiger partial charge in [-0.2, -0.15) is 13.2 Å². The molecule has 10 nitrogen and oxygen atoms in total. The third kappa shape index (κ3) is 12.3. The maximum atomic E-state index is 14.1. The van der Waals surface area contributed by atoms with Crippen LogP contribution in [0, 0.1) is 5.82 Å². The summed E-state index contributed by atoms with van der Waals surface area (Å²) in [5, 5.41) is 16.8. The fraction of sp³-hybridized carbons (Fsp3) is 0.529. The fourth-order valence-corrected chi connectivity index (χ4v) is 6.20. The number of likely N-dealkylation sites (N-methyl/N-ethyl adjacent to an activating group) is 1. The van der Waals surface area contributed by atoms with Gasteiger partial charge in [-0.25, -0.2) is 9.18 Å². The molecule has 4 rings (SSSR count). The number of piperazine rings is 1. The topological polar surface area (TPSA) is 131 Å². The number of benzene rings is 2. The van der Waals surface area contributed by atoms with E-state index in [-0.39, 0.29) is 48.1 Å². The molecular weight excluding hydrogens is 670 g/mol. The lowest BCUT2D eigenvalue weighted by Gasteiger charge is -2.45. The van der Waals surface area contributed by atoms with E-state index in [0.29, 0.717) is 31.1 Å². The number of aliphatic carboxylic acids is 1. The maximum absolute atomic E-state index is 14.1. The van der Waals surface area contributed by atoms with Crippen LogP contribution in [0.1, 0.15) is 50.2 Å². The maximum Gasteiger partial charge on any atom is 0.490 e. The minimum Gasteiger partial charge on any atom is -0.475 e. The lowest BCUT2D eigenvalue weighted by atomic mass is 9.98. The minimum atomic E-state index is -5.08. The Labute approximate surface area is 288 Å². The van der Waals surface area contributed by atoms with Gasteiger partial charge in [0.1, 0.15) is 11.9 Å². The summed E-state index contributed by atoms with van der Waals surface area (Å²) in [6.45, 7) is 4.43. The van der Waals surface area contributed by atoms with Gasteiger partial charge < -0.3 is 26.0 Å². The third-order valence-corrected chi connectivity index (χ3v) is 8.87. The van der Waals surface area contributed by atoms with Crippen LogP contribution in [0.5, 0.6) is 0 Å². The first kappa shape index (κ1) is 39.7. The standard InChI is InChI=1S/C32H43ClFN5O3.C2HF3O2/c1-3-5-26-21-38(29(31(41)35-2)16-11-22-7-12-24(33)13-8-22)18-19-39(26)32(42)28(20-23-9-14-25(34)15-10-23)37-30(40)27-6-4-17-36-27;3-2(4,5)1(6)7/h7-10,12-15,26-29,36H,3-6,11,16-21H2,1-2H3,(H,35,41)(H,37,40);(H,6,7). The summed E-state index contributed by atoms with van der Waals surface area (Å²) in [7, 11) is 1.66. The Morgan fingerprint density at radius 3 is 2.22 bits per heavy atom. The second kappa shape index (κ2) is 18.9. The third-order valence-electron chi connectivity index (χ3n) is 8.62. The molecule has 3 amide bonds. The number of nitrogens with one attached hydrogen (secondary N) is 3. The number of amides is 3. The second-order valence-electron chi connectivity index (χ2n) is 12.1. The molecule has 2 heterocycles. The highest BCUT2D eigenvalue weighted by molar-refractivity contribution is 6.30. The van der Waals surface area contributed by atoms with Crippen LogP contribution in [0.3, 0.4) is 0 Å². The Balaban J connectivity index is 0.000000838. The van der Waals surface area contributed by atoms with Crippen molar-refractivity contribution in [1.82, 2.24) is 25.8 Å². The van der Waals surface area contributed by atoms with E-state index >= 15 is 0 Å². The minimum absolute atomic E-state index is 0.0375. The van der Waals surface area contributed by atoms with E-state index < -0.39 is 18.2 Å². The number of aryl methyl sites for hydroxylation is 1. The molecule has 0 radical (unpaired) electrons. The first-order valence-electron chi connectivity index (χ1n) is 16.3. The normalized spacial score (nSPS) is 19.3. The van der Waals surface area contributed by atoms with E-state index in [1.165, 1.54) is 12.1 Å². The Kier molecular flexibility index (Phi) is 15.3. The van der Waals surface area contributed by atoms with Gasteiger partial charge in [-0.3, -0.25) is 19.3 Å². The van der Waals surface area contributed by atoms with Crippen molar-refractivity contribution >= 4 is 35.3 Å². The van der Waals surface area contributed by atoms with E-state index in [1.54, 1.807) is 19.2 Å². The highest BCUT2D eigenvalue weighted by atomic mass is 35.5. The number of carbonyl (C=O) groups is 4. The molecule has 15 heteroatoms. The summed E-state index contributed by atoms with van der Waals surface area (Å²) in [6, 6.07) is 12.2. The molecular formula is C34H44ClF4N5O5. The first-order chi connectivity index (χ1) is 23.2. The van der Waals surface area contributed by atoms with Gasteiger partial charge in [0, 0.05) is 44.2 Å². The number of carboxylic acids is 1. The average Bonchev–Trinajstić information content (AvgIpc) is 3.62. The number of nitrogens with zero attached hydrogens (tertiary/aromatic N) is 2. The molecule has 0 aliphatic carbocycles. The predicted octanol–water partition coefficient (Wildman–Crippen LogP) is 3.95. The predicted molar refractivity (Wildman–Crippen MR) is 176 cm³/mol. The Hall–Kier alpha value is -3.75. The molecule has 49 heavy (non-hydrogen) atoms. The molecule has 0 bridgehead atoms. The van der Waals surface area contributed by atoms with Crippen LogP contribution >= 0.6 is 11.6 Å². The number of halogens is 5. The van der Waals surface area contributed by atoms with Gasteiger partial charge >= 0.3 is 12.1 Å². The van der Waals surface area contributed by atoms with Crippen molar-refractivity contribution in [2.45, 2.75) is 82.2 Å². The van der Waals surface area contributed by atoms with Crippen LogP contribution in [0.25, 0.3) is 0 Å². The van der Waals surface area contributed by atoms with Gasteiger partial charge in [-0.05, 0) is 74.0 Å². The molecule has 2 aromatic rings. The van der Waals surface area contributed by atoms with E-state index in [2.05, 4.69) is 27.8 Å². The summed E-state index contributed by atoms with van der Waals surface area (Å²) in [5.41, 5.74) is 1.89. The number of hydrogen-bond donors (Lipinski definition) is 4. The SMILES string of the molecule is CCCC1CN(C(CCc2ccc(Cl)cc2)C(=O)NC)CCN1C(=O)C(Cc1ccc(F)cc1)NC(=O)C1CCCN1.O=C(O)C(F)(F)F. The Morgan fingerprint density at radius 1 is 1.04 bits per heavy atom. The van der Waals surface area contributed by atoms with Crippen LogP contribution in [0.4, 0.5) is 17.6 Å². The lowest BCUT2D eigenvalue weighted by molar-refractivity contribution is -0.192. The number of carboxylic acid groups (broad SMARTS) is 1. The van der Waals surface area contributed by atoms with Crippen LogP contribution in [-0.2, 0) is 32.0 Å². The van der Waals surface area contributed by atoms with Gasteiger partial charge in [-0.1, -0.05) is 49.2 Å². The summed E-state index contributed by atoms with van der Waals surface area (Å²) in [4.78, 5) is 53.2. The number of rotatable bonds is 12. The smallest absolute Gasteiger partial charge is 0.475 e. The van der Waals surface area contributed by atoms with Gasteiger partial charge in [-0.15, -0.1) is 0 Å². The second-order valence-corrected chi connectivity index (χ2v) is 12.5. The van der Waals surface area contributed by atoms with Crippen LogP contribution < -0.4 is 16.0 Å². The molecule has 0 aromatic heterocycles. The van der Waals surface area contributed by atoms with Crippen molar-refractivity contribution in [2.75, 3.05) is 33.2 Å². The molecule has 2 aliphatic heterocycles. The summed E-state index contributed by atoms with van der Waals surface area (Å²) < 4.78 is 45.3. The molecule has 2 fully saturated rings. The van der Waals surface area contributed by atoms with Crippen LogP contribution in [0.15, 0.2) is 48.5 Å². The van der Waals surface area contributed by atoms with Crippen molar-refractivity contribution in [3.8, 4) is 0 Å². The highest BCUT2D eigenvalue weighted by Crippen LogP contribution is 2.22. The Bertz CT molecular complexity index is 1390. The molecule has 4 atom stereocenters. The average molecular weight is 714 g/mol. The highest BCUT2D eigenvalue weighted by Gasteiger charge is 2.39. The van der Waals surface area contributed by atoms with Crippen LogP contribution in [0.2, 0.25) is 5.02 Å². The molecule has 4 unspecified atom stereocenters. The first-order valence-corrected chi connectivity index (χ1v) is 16.7. The van der Waals surface area contributed by atoms with Crippen molar-refractivity contribution < 1.29 is 41.8 Å². The van der Waals surface area contributed by atoms with Gasteiger partial charge in [0.2, 0.25) is 17.7 Å². The molecule has 270 valence electrons. The van der Waals surface area contributed by atoms with E-state index in [0.717, 1.165) is 49.8 Å². The molecule has 2 saturated heterocycles. The summed E-state index contributed by atoms with van der Waals surface area (Å²) >= 11 is 6.04. The molecule has 0 saturated carbocycles. The number of carbonyl (C=O) groups excluding carboxylic acids is 3. The van der Waals surface area contributed by atoms with Gasteiger partial charge in [0.25, 0.3) is 0 Å². The van der Waals surface area contributed by atoms with Crippen molar-refractivity contribution in [2.24, 2.45) is 0 Å². The molecule has 2 aliphatic rings. The fourth-order valence-electron chi connectivity index (χ4n) is 6.07. The largest absolute Gasteiger partial charge is 0.490 e. The van der Waals surface area contributed by atoms with Crippen molar-refractivity contribution in [1.29, 1.82) is 0 Å². The molecule has 4 N–H and O–H groups in total. The van der Waals surface area contributed by atoms with Crippen molar-refractivity contribution in [3.63, 3.8) is 0 Å². The zero-order valence-corrected chi connectivity index (χ0v) is 28.3. The number of alkyl halides is 3. The molecule has 2 aromatic carbocycles. The van der Waals surface area contributed by atoms with E-state index in [9.17, 15) is 31.9 Å².